The van der Waals surface area contributed by atoms with Gasteiger partial charge in [-0.3, -0.25) is 9.59 Å². The van der Waals surface area contributed by atoms with Gasteiger partial charge in [-0.25, -0.2) is 0 Å². The molecule has 3 aromatic rings. The summed E-state index contributed by atoms with van der Waals surface area (Å²) < 4.78 is 1.74. The quantitative estimate of drug-likeness (QED) is 0.712. The number of anilines is 2. The van der Waals surface area contributed by atoms with E-state index >= 15 is 0 Å². The Morgan fingerprint density at radius 2 is 1.79 bits per heavy atom. The molecule has 3 N–H and O–H groups in total. The lowest BCUT2D eigenvalue weighted by atomic mass is 10.1. The topological polar surface area (TPSA) is 77.1 Å². The third-order valence-corrected chi connectivity index (χ3v) is 3.97. The van der Waals surface area contributed by atoms with Crippen molar-refractivity contribution >= 4 is 28.2 Å². The van der Waals surface area contributed by atoms with Crippen molar-refractivity contribution in [1.29, 1.82) is 0 Å². The third-order valence-electron chi connectivity index (χ3n) is 3.97. The molecule has 0 spiro atoms. The van der Waals surface area contributed by atoms with Crippen LogP contribution < -0.4 is 16.5 Å². The number of aromatic nitrogens is 1. The molecular weight excluding hydrogens is 302 g/mol. The molecule has 0 atom stereocenters. The maximum Gasteiger partial charge on any atom is 0.261 e. The molecule has 0 saturated heterocycles. The van der Waals surface area contributed by atoms with Crippen LogP contribution in [0.3, 0.4) is 0 Å². The van der Waals surface area contributed by atoms with Crippen molar-refractivity contribution < 1.29 is 4.79 Å². The first-order valence-electron chi connectivity index (χ1n) is 7.64. The van der Waals surface area contributed by atoms with Crippen molar-refractivity contribution in [2.75, 3.05) is 11.1 Å². The smallest absolute Gasteiger partial charge is 0.261 e. The molecule has 5 heteroatoms. The highest BCUT2D eigenvalue weighted by Crippen LogP contribution is 2.19. The van der Waals surface area contributed by atoms with Crippen molar-refractivity contribution in [1.82, 2.24) is 4.57 Å². The Morgan fingerprint density at radius 3 is 2.46 bits per heavy atom. The average molecular weight is 321 g/mol. The number of fused-ring (bicyclic) bond motifs is 1. The average Bonchev–Trinajstić information content (AvgIpc) is 2.49. The molecule has 0 bridgehead atoms. The van der Waals surface area contributed by atoms with Crippen LogP contribution in [0.5, 0.6) is 0 Å². The zero-order chi connectivity index (χ0) is 17.4. The number of nitrogens with one attached hydrogen (secondary N) is 1. The molecule has 122 valence electrons. The molecule has 1 amide bonds. The predicted molar refractivity (Wildman–Crippen MR) is 97.5 cm³/mol. The maximum atomic E-state index is 12.7. The van der Waals surface area contributed by atoms with Gasteiger partial charge >= 0.3 is 0 Å². The van der Waals surface area contributed by atoms with Crippen molar-refractivity contribution in [3.8, 4) is 0 Å². The molecule has 0 saturated carbocycles. The van der Waals surface area contributed by atoms with Gasteiger partial charge in [0.1, 0.15) is 5.56 Å². The molecule has 5 nitrogen and oxygen atoms in total. The van der Waals surface area contributed by atoms with Gasteiger partial charge in [-0.15, -0.1) is 0 Å². The first kappa shape index (κ1) is 15.8. The van der Waals surface area contributed by atoms with Gasteiger partial charge in [0.2, 0.25) is 5.43 Å². The van der Waals surface area contributed by atoms with Gasteiger partial charge in [0.25, 0.3) is 5.91 Å². The van der Waals surface area contributed by atoms with Crippen LogP contribution in [0.15, 0.2) is 47.4 Å². The number of nitrogens with zero attached hydrogens (tertiary/aromatic N) is 1. The van der Waals surface area contributed by atoms with Crippen LogP contribution >= 0.6 is 0 Å². The largest absolute Gasteiger partial charge is 0.398 e. The summed E-state index contributed by atoms with van der Waals surface area (Å²) in [5, 5.41) is 3.17. The number of carbonyl (C=O) groups excluding carboxylic acids is 1. The van der Waals surface area contributed by atoms with Gasteiger partial charge in [-0.2, -0.15) is 0 Å². The van der Waals surface area contributed by atoms with E-state index in [1.165, 1.54) is 0 Å². The highest BCUT2D eigenvalue weighted by atomic mass is 16.2. The minimum Gasteiger partial charge on any atom is -0.398 e. The summed E-state index contributed by atoms with van der Waals surface area (Å²) in [7, 11) is 1.79. The highest BCUT2D eigenvalue weighted by Gasteiger charge is 2.16. The Morgan fingerprint density at radius 1 is 1.12 bits per heavy atom. The lowest BCUT2D eigenvalue weighted by Crippen LogP contribution is -2.24. The van der Waals surface area contributed by atoms with Crippen molar-refractivity contribution in [3.05, 3.63) is 69.5 Å². The maximum absolute atomic E-state index is 12.7. The number of nitrogen functional groups attached to an aromatic ring is 1. The molecule has 0 radical (unpaired) electrons. The van der Waals surface area contributed by atoms with Crippen molar-refractivity contribution in [3.63, 3.8) is 0 Å². The van der Waals surface area contributed by atoms with E-state index in [1.807, 2.05) is 32.0 Å². The summed E-state index contributed by atoms with van der Waals surface area (Å²) in [5.41, 5.74) is 9.47. The lowest BCUT2D eigenvalue weighted by molar-refractivity contribution is 0.102. The predicted octanol–water partition coefficient (Wildman–Crippen LogP) is 2.99. The van der Waals surface area contributed by atoms with Gasteiger partial charge in [0, 0.05) is 24.6 Å². The van der Waals surface area contributed by atoms with E-state index in [0.29, 0.717) is 22.3 Å². The zero-order valence-corrected chi connectivity index (χ0v) is 13.9. The van der Waals surface area contributed by atoms with Gasteiger partial charge in [-0.05, 0) is 49.2 Å². The van der Waals surface area contributed by atoms with E-state index in [4.69, 9.17) is 5.73 Å². The fourth-order valence-corrected chi connectivity index (χ4v) is 2.96. The number of amides is 1. The molecule has 24 heavy (non-hydrogen) atoms. The van der Waals surface area contributed by atoms with Crippen LogP contribution in [-0.4, -0.2) is 10.5 Å². The number of hydrogen-bond donors (Lipinski definition) is 2. The van der Waals surface area contributed by atoms with Crippen molar-refractivity contribution in [2.45, 2.75) is 13.8 Å². The van der Waals surface area contributed by atoms with Crippen LogP contribution in [-0.2, 0) is 7.05 Å². The Bertz CT molecular complexity index is 999. The van der Waals surface area contributed by atoms with Crippen LogP contribution in [0.25, 0.3) is 10.9 Å². The molecule has 0 aliphatic carbocycles. The van der Waals surface area contributed by atoms with Crippen molar-refractivity contribution in [2.24, 2.45) is 7.05 Å². The summed E-state index contributed by atoms with van der Waals surface area (Å²) in [5.74, 6) is -0.439. The van der Waals surface area contributed by atoms with Crippen LogP contribution in [0.4, 0.5) is 11.4 Å². The minimum atomic E-state index is -0.439. The van der Waals surface area contributed by atoms with Gasteiger partial charge < -0.3 is 15.6 Å². The zero-order valence-electron chi connectivity index (χ0n) is 13.9. The molecule has 0 unspecified atom stereocenters. The molecule has 2 aromatic carbocycles. The first-order valence-corrected chi connectivity index (χ1v) is 7.64. The van der Waals surface area contributed by atoms with E-state index in [2.05, 4.69) is 5.32 Å². The number of carbonyl (C=O) groups is 1. The Kier molecular flexibility index (Phi) is 3.85. The second-order valence-corrected chi connectivity index (χ2v) is 6.05. The molecule has 1 heterocycles. The highest BCUT2D eigenvalue weighted by molar-refractivity contribution is 6.06. The van der Waals surface area contributed by atoms with Crippen LogP contribution in [0.2, 0.25) is 0 Å². The Balaban J connectivity index is 2.09. The van der Waals surface area contributed by atoms with Crippen LogP contribution in [0.1, 0.15) is 21.5 Å². The molecular formula is C19H19N3O2. The number of nitrogens with two attached hydrogens (primary N) is 1. The van der Waals surface area contributed by atoms with Crippen LogP contribution in [0, 0.1) is 13.8 Å². The second kappa shape index (κ2) is 5.85. The summed E-state index contributed by atoms with van der Waals surface area (Å²) in [6.07, 6.45) is 1.54. The second-order valence-electron chi connectivity index (χ2n) is 6.05. The number of rotatable bonds is 2. The standard InChI is InChI=1S/C19H19N3O2/c1-11-7-12(2)9-13(8-11)21-19(24)14-10-22(3)16-6-4-5-15(20)17(16)18(14)23/h4-10H,20H2,1-3H3,(H,21,24). The van der Waals surface area contributed by atoms with E-state index < -0.39 is 5.91 Å². The normalized spacial score (nSPS) is 10.8. The molecule has 0 fully saturated rings. The number of aryl methyl sites for hydroxylation is 3. The van der Waals surface area contributed by atoms with E-state index in [1.54, 1.807) is 36.0 Å². The summed E-state index contributed by atoms with van der Waals surface area (Å²) in [6, 6.07) is 11.0. The van der Waals surface area contributed by atoms with Gasteiger partial charge in [0.05, 0.1) is 10.9 Å². The first-order chi connectivity index (χ1) is 11.4. The SMILES string of the molecule is Cc1cc(C)cc(NC(=O)c2cn(C)c3cccc(N)c3c2=O)c1. The van der Waals surface area contributed by atoms with E-state index in [-0.39, 0.29) is 11.0 Å². The molecule has 1 aromatic heterocycles. The molecule has 0 aliphatic rings. The number of benzene rings is 2. The van der Waals surface area contributed by atoms with E-state index in [9.17, 15) is 9.59 Å². The third kappa shape index (κ3) is 2.76. The molecule has 0 aliphatic heterocycles. The van der Waals surface area contributed by atoms with E-state index in [0.717, 1.165) is 11.1 Å². The summed E-state index contributed by atoms with van der Waals surface area (Å²) in [6.45, 7) is 3.91. The fourth-order valence-electron chi connectivity index (χ4n) is 2.96. The van der Waals surface area contributed by atoms with Gasteiger partial charge in [0.15, 0.2) is 0 Å². The lowest BCUT2D eigenvalue weighted by Gasteiger charge is -2.11. The number of hydrogen-bond acceptors (Lipinski definition) is 3. The number of pyridine rings is 1. The Hall–Kier alpha value is -3.08. The Labute approximate surface area is 139 Å². The summed E-state index contributed by atoms with van der Waals surface area (Å²) in [4.78, 5) is 25.3. The summed E-state index contributed by atoms with van der Waals surface area (Å²) >= 11 is 0. The fraction of sp³-hybridized carbons (Fsp3) is 0.158. The van der Waals surface area contributed by atoms with Gasteiger partial charge in [-0.1, -0.05) is 12.1 Å². The minimum absolute atomic E-state index is 0.0714. The molecule has 3 rings (SSSR count). The monoisotopic (exact) mass is 321 g/mol.